The molecule has 1 atom stereocenters. The Morgan fingerprint density at radius 3 is 2.55 bits per heavy atom. The summed E-state index contributed by atoms with van der Waals surface area (Å²) in [6, 6.07) is 11.9. The molecule has 1 aromatic carbocycles. The van der Waals surface area contributed by atoms with Crippen LogP contribution in [-0.4, -0.2) is 29.8 Å². The molecule has 0 aliphatic carbocycles. The Morgan fingerprint density at radius 2 is 1.93 bits per heavy atom. The number of nitrogens with one attached hydrogen (secondary N) is 2. The van der Waals surface area contributed by atoms with E-state index in [1.807, 2.05) is 39.8 Å². The molecule has 1 heterocycles. The highest BCUT2D eigenvalue weighted by Crippen LogP contribution is 2.26. The fraction of sp³-hybridized carbons (Fsp3) is 0.476. The van der Waals surface area contributed by atoms with Crippen molar-refractivity contribution in [2.75, 3.05) is 13.1 Å². The summed E-state index contributed by atoms with van der Waals surface area (Å²) >= 11 is 7.32. The second kappa shape index (κ2) is 12.7. The summed E-state index contributed by atoms with van der Waals surface area (Å²) in [6.07, 6.45) is -0.626. The third-order valence-electron chi connectivity index (χ3n) is 3.81. The number of thiophene rings is 1. The van der Waals surface area contributed by atoms with E-state index in [1.54, 1.807) is 6.07 Å². The fourth-order valence-corrected chi connectivity index (χ4v) is 3.48. The van der Waals surface area contributed by atoms with Crippen molar-refractivity contribution in [3.63, 3.8) is 0 Å². The first-order valence-corrected chi connectivity index (χ1v) is 10.6. The van der Waals surface area contributed by atoms with E-state index >= 15 is 0 Å². The third-order valence-corrected chi connectivity index (χ3v) is 5.14. The van der Waals surface area contributed by atoms with Crippen LogP contribution in [0.4, 0.5) is 0 Å². The Kier molecular flexibility index (Phi) is 11.5. The van der Waals surface area contributed by atoms with Gasteiger partial charge < -0.3 is 20.5 Å². The predicted molar refractivity (Wildman–Crippen MR) is 134 cm³/mol. The van der Waals surface area contributed by atoms with Gasteiger partial charge in [0.25, 0.3) is 0 Å². The zero-order valence-electron chi connectivity index (χ0n) is 17.4. The number of aliphatic hydroxyl groups excluding tert-OH is 1. The molecular weight excluding hydrogens is 521 g/mol. The number of ether oxygens (including phenoxy) is 1. The molecule has 0 bridgehead atoms. The van der Waals surface area contributed by atoms with Crippen LogP contribution in [0.5, 0.6) is 0 Å². The zero-order valence-corrected chi connectivity index (χ0v) is 21.3. The number of rotatable bonds is 8. The van der Waals surface area contributed by atoms with Crippen molar-refractivity contribution in [2.24, 2.45) is 4.99 Å². The minimum absolute atomic E-state index is 0. The molecule has 0 spiro atoms. The standard InChI is InChI=1S/C21H30ClN3O2S.HI/c1-5-23-20(25-13-17(26)18-9-10-19(22)28-18)24-12-15-7-6-8-16(11-15)14-27-21(2,3)4;/h6-11,17,26H,5,12-14H2,1-4H3,(H2,23,24,25);1H. The van der Waals surface area contributed by atoms with Crippen molar-refractivity contribution in [3.05, 3.63) is 56.7 Å². The summed E-state index contributed by atoms with van der Waals surface area (Å²) in [7, 11) is 0. The molecular formula is C21H31ClIN3O2S. The zero-order chi connectivity index (χ0) is 20.6. The van der Waals surface area contributed by atoms with Crippen LogP contribution in [0.3, 0.4) is 0 Å². The number of aliphatic hydroxyl groups is 1. The Labute approximate surface area is 199 Å². The summed E-state index contributed by atoms with van der Waals surface area (Å²) in [5, 5.41) is 16.7. The maximum absolute atomic E-state index is 10.3. The lowest BCUT2D eigenvalue weighted by Gasteiger charge is -2.19. The minimum atomic E-state index is -0.626. The van der Waals surface area contributed by atoms with E-state index in [0.29, 0.717) is 30.0 Å². The number of halogens is 2. The largest absolute Gasteiger partial charge is 0.386 e. The minimum Gasteiger partial charge on any atom is -0.386 e. The van der Waals surface area contributed by atoms with Gasteiger partial charge in [-0.2, -0.15) is 0 Å². The summed E-state index contributed by atoms with van der Waals surface area (Å²) in [5.41, 5.74) is 2.08. The van der Waals surface area contributed by atoms with Gasteiger partial charge in [0.15, 0.2) is 5.96 Å². The molecule has 1 unspecified atom stereocenters. The number of hydrogen-bond donors (Lipinski definition) is 3. The quantitative estimate of drug-likeness (QED) is 0.242. The highest BCUT2D eigenvalue weighted by Gasteiger charge is 2.12. The molecule has 5 nitrogen and oxygen atoms in total. The van der Waals surface area contributed by atoms with E-state index < -0.39 is 6.10 Å². The van der Waals surface area contributed by atoms with Crippen molar-refractivity contribution in [3.8, 4) is 0 Å². The third kappa shape index (κ3) is 10.1. The van der Waals surface area contributed by atoms with Gasteiger partial charge >= 0.3 is 0 Å². The molecule has 0 aliphatic heterocycles. The van der Waals surface area contributed by atoms with Crippen LogP contribution in [0.15, 0.2) is 41.4 Å². The molecule has 0 saturated heterocycles. The highest BCUT2D eigenvalue weighted by molar-refractivity contribution is 14.0. The molecule has 162 valence electrons. The smallest absolute Gasteiger partial charge is 0.191 e. The van der Waals surface area contributed by atoms with Gasteiger partial charge in [0.2, 0.25) is 0 Å². The van der Waals surface area contributed by atoms with Crippen LogP contribution in [0.2, 0.25) is 4.34 Å². The first kappa shape index (κ1) is 26.2. The van der Waals surface area contributed by atoms with E-state index in [4.69, 9.17) is 16.3 Å². The van der Waals surface area contributed by atoms with Gasteiger partial charge in [-0.25, -0.2) is 4.99 Å². The molecule has 1 aromatic heterocycles. The van der Waals surface area contributed by atoms with Gasteiger partial charge in [-0.3, -0.25) is 0 Å². The molecule has 2 aromatic rings. The Bertz CT molecular complexity index is 777. The van der Waals surface area contributed by atoms with Crippen LogP contribution < -0.4 is 10.6 Å². The monoisotopic (exact) mass is 551 g/mol. The molecule has 0 aliphatic rings. The second-order valence-electron chi connectivity index (χ2n) is 7.45. The van der Waals surface area contributed by atoms with Crippen molar-refractivity contribution in [2.45, 2.75) is 52.6 Å². The van der Waals surface area contributed by atoms with E-state index in [9.17, 15) is 5.11 Å². The lowest BCUT2D eigenvalue weighted by atomic mass is 10.1. The van der Waals surface area contributed by atoms with Crippen molar-refractivity contribution in [1.82, 2.24) is 10.6 Å². The average molecular weight is 552 g/mol. The van der Waals surface area contributed by atoms with Crippen LogP contribution in [0.25, 0.3) is 0 Å². The van der Waals surface area contributed by atoms with Crippen LogP contribution >= 0.6 is 46.9 Å². The van der Waals surface area contributed by atoms with Crippen LogP contribution in [0.1, 0.15) is 49.8 Å². The molecule has 8 heteroatoms. The summed E-state index contributed by atoms with van der Waals surface area (Å²) < 4.78 is 6.52. The molecule has 0 fully saturated rings. The van der Waals surface area contributed by atoms with Crippen LogP contribution in [0, 0.1) is 0 Å². The first-order chi connectivity index (χ1) is 13.3. The topological polar surface area (TPSA) is 65.9 Å². The van der Waals surface area contributed by atoms with Gasteiger partial charge in [0.05, 0.1) is 23.1 Å². The summed E-state index contributed by atoms with van der Waals surface area (Å²) in [6.45, 7) is 10.4. The normalized spacial score (nSPS) is 13.0. The molecule has 2 rings (SSSR count). The van der Waals surface area contributed by atoms with Gasteiger partial charge in [-0.1, -0.05) is 35.9 Å². The number of benzene rings is 1. The maximum atomic E-state index is 10.3. The van der Waals surface area contributed by atoms with Gasteiger partial charge in [0.1, 0.15) is 6.10 Å². The Morgan fingerprint density at radius 1 is 1.21 bits per heavy atom. The lowest BCUT2D eigenvalue weighted by Crippen LogP contribution is -2.39. The summed E-state index contributed by atoms with van der Waals surface area (Å²) in [4.78, 5) is 5.46. The Balaban J connectivity index is 0.00000420. The molecule has 29 heavy (non-hydrogen) atoms. The predicted octanol–water partition coefficient (Wildman–Crippen LogP) is 5.12. The van der Waals surface area contributed by atoms with Crippen LogP contribution in [-0.2, 0) is 17.9 Å². The average Bonchev–Trinajstić information content (AvgIpc) is 3.08. The molecule has 0 amide bonds. The van der Waals surface area contributed by atoms with Gasteiger partial charge in [0, 0.05) is 18.0 Å². The maximum Gasteiger partial charge on any atom is 0.191 e. The van der Waals surface area contributed by atoms with Gasteiger partial charge in [-0.15, -0.1) is 35.3 Å². The number of aliphatic imine (C=N–C) groups is 1. The van der Waals surface area contributed by atoms with E-state index in [2.05, 4.69) is 33.8 Å². The van der Waals surface area contributed by atoms with Crippen molar-refractivity contribution < 1.29 is 9.84 Å². The molecule has 0 radical (unpaired) electrons. The van der Waals surface area contributed by atoms with Crippen molar-refractivity contribution in [1.29, 1.82) is 0 Å². The van der Waals surface area contributed by atoms with Crippen molar-refractivity contribution >= 4 is 52.9 Å². The SMILES string of the molecule is CCNC(=NCc1cccc(COC(C)(C)C)c1)NCC(O)c1ccc(Cl)s1.I. The van der Waals surface area contributed by atoms with E-state index in [1.165, 1.54) is 11.3 Å². The second-order valence-corrected chi connectivity index (χ2v) is 9.20. The number of nitrogens with zero attached hydrogens (tertiary/aromatic N) is 1. The van der Waals surface area contributed by atoms with E-state index in [0.717, 1.165) is 22.5 Å². The van der Waals surface area contributed by atoms with Gasteiger partial charge in [-0.05, 0) is 51.0 Å². The first-order valence-electron chi connectivity index (χ1n) is 9.44. The lowest BCUT2D eigenvalue weighted by molar-refractivity contribution is -0.0149. The number of guanidine groups is 1. The summed E-state index contributed by atoms with van der Waals surface area (Å²) in [5.74, 6) is 0.667. The number of hydrogen-bond acceptors (Lipinski definition) is 4. The molecule has 3 N–H and O–H groups in total. The molecule has 0 saturated carbocycles. The Hall–Kier alpha value is -0.870. The van der Waals surface area contributed by atoms with E-state index in [-0.39, 0.29) is 29.6 Å². The fourth-order valence-electron chi connectivity index (χ4n) is 2.43. The highest BCUT2D eigenvalue weighted by atomic mass is 127.